The molecule has 1 atom stereocenters. The van der Waals surface area contributed by atoms with E-state index in [9.17, 15) is 14.4 Å². The van der Waals surface area contributed by atoms with E-state index >= 15 is 0 Å². The number of imide groups is 1. The van der Waals surface area contributed by atoms with Crippen LogP contribution in [0.15, 0.2) is 18.2 Å². The second kappa shape index (κ2) is 9.06. The second-order valence-electron chi connectivity index (χ2n) is 5.97. The van der Waals surface area contributed by atoms with Crippen LogP contribution in [0.1, 0.15) is 49.4 Å². The fourth-order valence-corrected chi connectivity index (χ4v) is 3.10. The highest BCUT2D eigenvalue weighted by Crippen LogP contribution is 2.22. The van der Waals surface area contributed by atoms with E-state index < -0.39 is 24.0 Å². The SMILES string of the molecule is C[C@@H](OC(=O)c1ccc(Cl)cc1Cl)C(=O)NC(=O)NC1CCCCC1. The average molecular weight is 387 g/mol. The van der Waals surface area contributed by atoms with Crippen LogP contribution in [0.25, 0.3) is 0 Å². The first-order valence-electron chi connectivity index (χ1n) is 8.14. The Bertz CT molecular complexity index is 660. The summed E-state index contributed by atoms with van der Waals surface area (Å²) in [4.78, 5) is 35.9. The number of urea groups is 1. The maximum absolute atomic E-state index is 12.1. The topological polar surface area (TPSA) is 84.5 Å². The van der Waals surface area contributed by atoms with Crippen LogP contribution in [0, 0.1) is 0 Å². The average Bonchev–Trinajstić information content (AvgIpc) is 2.55. The minimum absolute atomic E-state index is 0.0762. The highest BCUT2D eigenvalue weighted by molar-refractivity contribution is 6.36. The summed E-state index contributed by atoms with van der Waals surface area (Å²) >= 11 is 11.7. The van der Waals surface area contributed by atoms with Crippen molar-refractivity contribution in [2.24, 2.45) is 0 Å². The van der Waals surface area contributed by atoms with Crippen molar-refractivity contribution in [2.75, 3.05) is 0 Å². The Morgan fingerprint density at radius 1 is 1.16 bits per heavy atom. The van der Waals surface area contributed by atoms with Gasteiger partial charge in [0.1, 0.15) is 0 Å². The molecule has 0 heterocycles. The van der Waals surface area contributed by atoms with Gasteiger partial charge in [-0.25, -0.2) is 9.59 Å². The van der Waals surface area contributed by atoms with Gasteiger partial charge in [0, 0.05) is 11.1 Å². The number of carbonyl (C=O) groups excluding carboxylic acids is 3. The molecule has 0 unspecified atom stereocenters. The van der Waals surface area contributed by atoms with Gasteiger partial charge >= 0.3 is 12.0 Å². The number of nitrogens with one attached hydrogen (secondary N) is 2. The molecule has 25 heavy (non-hydrogen) atoms. The van der Waals surface area contributed by atoms with Crippen molar-refractivity contribution in [3.8, 4) is 0 Å². The number of hydrogen-bond acceptors (Lipinski definition) is 4. The molecule has 6 nitrogen and oxygen atoms in total. The van der Waals surface area contributed by atoms with Crippen molar-refractivity contribution < 1.29 is 19.1 Å². The van der Waals surface area contributed by atoms with E-state index in [1.807, 2.05) is 0 Å². The van der Waals surface area contributed by atoms with Crippen LogP contribution in [0.4, 0.5) is 4.79 Å². The van der Waals surface area contributed by atoms with Crippen LogP contribution in [-0.4, -0.2) is 30.1 Å². The number of amides is 3. The lowest BCUT2D eigenvalue weighted by atomic mass is 9.96. The van der Waals surface area contributed by atoms with Crippen LogP contribution < -0.4 is 10.6 Å². The molecular weight excluding hydrogens is 367 g/mol. The van der Waals surface area contributed by atoms with Gasteiger partial charge in [0.25, 0.3) is 5.91 Å². The molecule has 1 saturated carbocycles. The molecule has 0 saturated heterocycles. The molecule has 8 heteroatoms. The summed E-state index contributed by atoms with van der Waals surface area (Å²) in [6.45, 7) is 1.38. The predicted molar refractivity (Wildman–Crippen MR) is 94.9 cm³/mol. The van der Waals surface area contributed by atoms with Crippen molar-refractivity contribution in [3.05, 3.63) is 33.8 Å². The van der Waals surface area contributed by atoms with Gasteiger partial charge in [0.2, 0.25) is 0 Å². The summed E-state index contributed by atoms with van der Waals surface area (Å²) in [5.41, 5.74) is 0.0948. The summed E-state index contributed by atoms with van der Waals surface area (Å²) in [6, 6.07) is 3.80. The van der Waals surface area contributed by atoms with Crippen LogP contribution in [0.3, 0.4) is 0 Å². The Labute approximate surface area is 156 Å². The monoisotopic (exact) mass is 386 g/mol. The Hall–Kier alpha value is -1.79. The van der Waals surface area contributed by atoms with Crippen LogP contribution in [0.2, 0.25) is 10.0 Å². The number of rotatable bonds is 4. The first kappa shape index (κ1) is 19.5. The van der Waals surface area contributed by atoms with Gasteiger partial charge < -0.3 is 10.1 Å². The summed E-state index contributed by atoms with van der Waals surface area (Å²) in [7, 11) is 0. The maximum atomic E-state index is 12.1. The summed E-state index contributed by atoms with van der Waals surface area (Å²) in [5.74, 6) is -1.47. The molecule has 1 aliphatic carbocycles. The zero-order valence-electron chi connectivity index (χ0n) is 13.8. The van der Waals surface area contributed by atoms with E-state index in [4.69, 9.17) is 27.9 Å². The van der Waals surface area contributed by atoms with Crippen molar-refractivity contribution in [1.82, 2.24) is 10.6 Å². The first-order chi connectivity index (χ1) is 11.9. The van der Waals surface area contributed by atoms with Gasteiger partial charge in [-0.2, -0.15) is 0 Å². The molecule has 1 fully saturated rings. The zero-order chi connectivity index (χ0) is 18.4. The van der Waals surface area contributed by atoms with E-state index in [1.54, 1.807) is 0 Å². The number of ether oxygens (including phenoxy) is 1. The van der Waals surface area contributed by atoms with Gasteiger partial charge in [-0.05, 0) is 38.0 Å². The van der Waals surface area contributed by atoms with Crippen LogP contribution in [0.5, 0.6) is 0 Å². The van der Waals surface area contributed by atoms with Crippen LogP contribution in [-0.2, 0) is 9.53 Å². The Balaban J connectivity index is 1.84. The lowest BCUT2D eigenvalue weighted by Gasteiger charge is -2.23. The molecule has 0 spiro atoms. The van der Waals surface area contributed by atoms with Crippen molar-refractivity contribution >= 4 is 41.1 Å². The van der Waals surface area contributed by atoms with E-state index in [0.717, 1.165) is 25.7 Å². The van der Waals surface area contributed by atoms with E-state index in [1.165, 1.54) is 31.5 Å². The smallest absolute Gasteiger partial charge is 0.340 e. The largest absolute Gasteiger partial charge is 0.449 e. The molecule has 1 aromatic rings. The number of esters is 1. The Morgan fingerprint density at radius 2 is 1.84 bits per heavy atom. The van der Waals surface area contributed by atoms with E-state index in [0.29, 0.717) is 5.02 Å². The number of halogens is 2. The maximum Gasteiger partial charge on any atom is 0.340 e. The third-order valence-corrected chi connectivity index (χ3v) is 4.53. The third kappa shape index (κ3) is 5.90. The van der Waals surface area contributed by atoms with Gasteiger partial charge in [0.05, 0.1) is 10.6 Å². The van der Waals surface area contributed by atoms with Gasteiger partial charge in [0.15, 0.2) is 6.10 Å². The summed E-state index contributed by atoms with van der Waals surface area (Å²) in [6.07, 6.45) is 3.96. The molecular formula is C17H20Cl2N2O4. The van der Waals surface area contributed by atoms with Gasteiger partial charge in [-0.15, -0.1) is 0 Å². The second-order valence-corrected chi connectivity index (χ2v) is 6.81. The zero-order valence-corrected chi connectivity index (χ0v) is 15.3. The lowest BCUT2D eigenvalue weighted by molar-refractivity contribution is -0.127. The number of hydrogen-bond donors (Lipinski definition) is 2. The molecule has 2 rings (SSSR count). The highest BCUT2D eigenvalue weighted by atomic mass is 35.5. The minimum Gasteiger partial charge on any atom is -0.449 e. The highest BCUT2D eigenvalue weighted by Gasteiger charge is 2.23. The van der Waals surface area contributed by atoms with Crippen LogP contribution >= 0.6 is 23.2 Å². The van der Waals surface area contributed by atoms with Crippen molar-refractivity contribution in [2.45, 2.75) is 51.2 Å². The van der Waals surface area contributed by atoms with Crippen molar-refractivity contribution in [3.63, 3.8) is 0 Å². The summed E-state index contributed by atoms with van der Waals surface area (Å²) in [5, 5.41) is 5.45. The molecule has 1 aromatic carbocycles. The van der Waals surface area contributed by atoms with Gasteiger partial charge in [-0.1, -0.05) is 42.5 Å². The van der Waals surface area contributed by atoms with E-state index in [2.05, 4.69) is 10.6 Å². The molecule has 0 radical (unpaired) electrons. The molecule has 1 aliphatic rings. The third-order valence-electron chi connectivity index (χ3n) is 3.98. The molecule has 3 amide bonds. The fourth-order valence-electron chi connectivity index (χ4n) is 2.61. The van der Waals surface area contributed by atoms with Crippen molar-refractivity contribution in [1.29, 1.82) is 0 Å². The number of benzene rings is 1. The normalized spacial score (nSPS) is 16.0. The molecule has 0 aliphatic heterocycles. The predicted octanol–water partition coefficient (Wildman–Crippen LogP) is 3.70. The Morgan fingerprint density at radius 3 is 2.48 bits per heavy atom. The molecule has 0 bridgehead atoms. The quantitative estimate of drug-likeness (QED) is 0.772. The first-order valence-corrected chi connectivity index (χ1v) is 8.90. The van der Waals surface area contributed by atoms with Gasteiger partial charge in [-0.3, -0.25) is 10.1 Å². The fraction of sp³-hybridized carbons (Fsp3) is 0.471. The standard InChI is InChI=1S/C17H20Cl2N2O4/c1-10(25-16(23)13-8-7-11(18)9-14(13)19)15(22)21-17(24)20-12-5-3-2-4-6-12/h7-10,12H,2-6H2,1H3,(H2,20,21,22,24)/t10-/m1/s1. The summed E-state index contributed by atoms with van der Waals surface area (Å²) < 4.78 is 5.05. The number of carbonyl (C=O) groups is 3. The molecule has 136 valence electrons. The van der Waals surface area contributed by atoms with E-state index in [-0.39, 0.29) is 16.6 Å². The molecule has 2 N–H and O–H groups in total. The minimum atomic E-state index is -1.14. The lowest BCUT2D eigenvalue weighted by Crippen LogP contribution is -2.48. The molecule has 0 aromatic heterocycles. The Kier molecular flexibility index (Phi) is 7.08.